The molecule has 3 aromatic heterocycles. The lowest BCUT2D eigenvalue weighted by Gasteiger charge is -2.43. The van der Waals surface area contributed by atoms with E-state index in [1.807, 2.05) is 28.8 Å². The van der Waals surface area contributed by atoms with Crippen molar-refractivity contribution in [1.82, 2.24) is 34.5 Å². The predicted molar refractivity (Wildman–Crippen MR) is 231 cm³/mol. The fraction of sp³-hybridized carbons (Fsp3) is 0.488. The number of β-amino-alcohol motifs (C(OH)–C–C–N with tert-alkyl or cyclic N) is 1. The van der Waals surface area contributed by atoms with E-state index in [4.69, 9.17) is 26.4 Å². The number of amides is 2. The molecule has 2 atom stereocenters. The van der Waals surface area contributed by atoms with E-state index in [-0.39, 0.29) is 34.2 Å². The molecule has 0 spiro atoms. The monoisotopic (exact) mass is 871 g/mol. The van der Waals surface area contributed by atoms with Crippen LogP contribution < -0.4 is 36.0 Å². The number of carbonyl (C=O) groups excluding carboxylic acids is 2. The Balaban J connectivity index is 0.790. The molecule has 5 aliphatic rings. The highest BCUT2D eigenvalue weighted by Crippen LogP contribution is 2.46. The maximum absolute atomic E-state index is 15.2. The van der Waals surface area contributed by atoms with E-state index in [9.17, 15) is 19.5 Å². The van der Waals surface area contributed by atoms with E-state index in [0.717, 1.165) is 42.8 Å². The summed E-state index contributed by atoms with van der Waals surface area (Å²) in [4.78, 5) is 53.7. The van der Waals surface area contributed by atoms with Gasteiger partial charge in [0.1, 0.15) is 5.02 Å². The normalized spacial score (nSPS) is 22.8. The van der Waals surface area contributed by atoms with Crippen molar-refractivity contribution in [2.45, 2.75) is 62.0 Å². The highest BCUT2D eigenvalue weighted by Gasteiger charge is 2.51. The fourth-order valence-corrected chi connectivity index (χ4v) is 9.81. The maximum atomic E-state index is 15.2. The third-order valence-electron chi connectivity index (χ3n) is 13.3. The van der Waals surface area contributed by atoms with Gasteiger partial charge in [0.2, 0.25) is 23.5 Å². The van der Waals surface area contributed by atoms with Crippen LogP contribution in [0.3, 0.4) is 0 Å². The third kappa shape index (κ3) is 7.34. The van der Waals surface area contributed by atoms with Gasteiger partial charge in [-0.2, -0.15) is 10.1 Å². The summed E-state index contributed by atoms with van der Waals surface area (Å²) in [6.45, 7) is 3.77. The van der Waals surface area contributed by atoms with Crippen LogP contribution >= 0.6 is 11.6 Å². The Kier molecular flexibility index (Phi) is 10.0. The first-order valence-corrected chi connectivity index (χ1v) is 21.6. The molecule has 62 heavy (non-hydrogen) atoms. The lowest BCUT2D eigenvalue weighted by atomic mass is 9.90. The minimum Gasteiger partial charge on any atom is -0.480 e. The Morgan fingerprint density at radius 1 is 0.984 bits per heavy atom. The number of imide groups is 1. The van der Waals surface area contributed by atoms with Gasteiger partial charge < -0.3 is 34.8 Å². The summed E-state index contributed by atoms with van der Waals surface area (Å²) in [5.41, 5.74) is 2.69. The zero-order valence-electron chi connectivity index (χ0n) is 34.5. The lowest BCUT2D eigenvalue weighted by Crippen LogP contribution is -2.55. The van der Waals surface area contributed by atoms with Crippen molar-refractivity contribution in [2.24, 2.45) is 20.0 Å². The molecule has 19 heteroatoms. The zero-order valence-corrected chi connectivity index (χ0v) is 35.2. The SMILES string of the molecule is Cn1nc(C2CCC(=O)NC2=O)c2cccc(N3CCN(CC4(O)CCN(c5ncc(Cl)c(Nc6ccc7c(c6)c6c(c(=O)n7C)OCC(F)(F)C(C7CC7)N6)n5)CC4)CC3)c21. The van der Waals surface area contributed by atoms with E-state index < -0.39 is 35.6 Å². The van der Waals surface area contributed by atoms with Gasteiger partial charge in [0.15, 0.2) is 12.4 Å². The molecule has 2 amide bonds. The molecule has 4 N–H and O–H groups in total. The summed E-state index contributed by atoms with van der Waals surface area (Å²) in [7, 11) is 3.48. The van der Waals surface area contributed by atoms with Crippen LogP contribution in [0.2, 0.25) is 5.02 Å². The molecule has 2 unspecified atom stereocenters. The summed E-state index contributed by atoms with van der Waals surface area (Å²) in [6, 6.07) is 10.2. The van der Waals surface area contributed by atoms with E-state index in [1.54, 1.807) is 25.2 Å². The average Bonchev–Trinajstić information content (AvgIpc) is 4.05. The Morgan fingerprint density at radius 3 is 2.50 bits per heavy atom. The van der Waals surface area contributed by atoms with Crippen LogP contribution in [0, 0.1) is 5.92 Å². The molecule has 4 fully saturated rings. The standard InChI is InChI=1S/C43H48ClF2N11O5/c1-53-30-10-8-25(20-28(30)34-36(40(53)60)62-23-43(45,46)37(50-34)24-6-7-24)48-38-29(44)21-47-41(51-38)57-14-12-42(61,13-15-57)22-55-16-18-56(19-17-55)31-5-3-4-26-33(52-54(2)35(26)31)27-9-11-32(58)49-39(27)59/h3-5,8,10,20-21,24,27,37,50,61H,6-7,9,11-19,22-23H2,1-2H3,(H,47,48,51)(H,49,58,59). The molecule has 1 aliphatic carbocycles. The fourth-order valence-electron chi connectivity index (χ4n) is 9.68. The summed E-state index contributed by atoms with van der Waals surface area (Å²) in [6.07, 6.45) is 4.67. The van der Waals surface area contributed by atoms with Crippen LogP contribution in [0.15, 0.2) is 47.4 Å². The number of rotatable bonds is 8. The number of nitrogens with one attached hydrogen (secondary N) is 3. The van der Waals surface area contributed by atoms with E-state index in [1.165, 1.54) is 10.8 Å². The number of para-hydroxylation sites is 1. The number of anilines is 5. The molecular formula is C43H48ClF2N11O5. The smallest absolute Gasteiger partial charge is 0.301 e. The number of piperidine rings is 2. The maximum Gasteiger partial charge on any atom is 0.301 e. The van der Waals surface area contributed by atoms with Gasteiger partial charge in [0.25, 0.3) is 5.56 Å². The number of fused-ring (bicyclic) bond motifs is 4. The largest absolute Gasteiger partial charge is 0.480 e. The Morgan fingerprint density at radius 2 is 1.76 bits per heavy atom. The topological polar surface area (TPSA) is 175 Å². The molecule has 0 radical (unpaired) electrons. The minimum atomic E-state index is -3.15. The molecule has 4 aliphatic heterocycles. The number of benzene rings is 2. The van der Waals surface area contributed by atoms with Gasteiger partial charge in [0, 0.05) is 82.8 Å². The van der Waals surface area contributed by atoms with E-state index in [0.29, 0.717) is 92.2 Å². The number of hydrogen-bond donors (Lipinski definition) is 4. The summed E-state index contributed by atoms with van der Waals surface area (Å²) in [5, 5.41) is 27.1. The van der Waals surface area contributed by atoms with Gasteiger partial charge in [-0.3, -0.25) is 29.3 Å². The lowest BCUT2D eigenvalue weighted by molar-refractivity contribution is -0.134. The second-order valence-corrected chi connectivity index (χ2v) is 17.9. The van der Waals surface area contributed by atoms with Crippen LogP contribution in [-0.4, -0.2) is 116 Å². The number of carbonyl (C=O) groups is 2. The first-order valence-electron chi connectivity index (χ1n) is 21.2. The van der Waals surface area contributed by atoms with Crippen molar-refractivity contribution in [3.63, 3.8) is 0 Å². The number of aryl methyl sites for hydroxylation is 2. The van der Waals surface area contributed by atoms with E-state index in [2.05, 4.69) is 36.8 Å². The number of hydrogen-bond acceptors (Lipinski definition) is 13. The van der Waals surface area contributed by atoms with Crippen molar-refractivity contribution < 1.29 is 28.2 Å². The molecule has 10 rings (SSSR count). The molecular weight excluding hydrogens is 824 g/mol. The summed E-state index contributed by atoms with van der Waals surface area (Å²) >= 11 is 6.62. The van der Waals surface area contributed by atoms with Crippen LogP contribution in [0.1, 0.15) is 50.1 Å². The molecule has 2 aromatic carbocycles. The molecule has 16 nitrogen and oxygen atoms in total. The van der Waals surface area contributed by atoms with Crippen molar-refractivity contribution in [2.75, 3.05) is 72.9 Å². The number of nitrogens with zero attached hydrogens (tertiary/aromatic N) is 8. The zero-order chi connectivity index (χ0) is 43.1. The molecule has 0 bridgehead atoms. The summed E-state index contributed by atoms with van der Waals surface area (Å²) < 4.78 is 39.1. The van der Waals surface area contributed by atoms with Crippen LogP contribution in [-0.2, 0) is 23.7 Å². The highest BCUT2D eigenvalue weighted by atomic mass is 35.5. The van der Waals surface area contributed by atoms with Gasteiger partial charge >= 0.3 is 5.92 Å². The molecule has 3 saturated heterocycles. The second-order valence-electron chi connectivity index (χ2n) is 17.5. The van der Waals surface area contributed by atoms with Crippen molar-refractivity contribution >= 4 is 74.0 Å². The van der Waals surface area contributed by atoms with Crippen molar-refractivity contribution in [3.05, 3.63) is 63.7 Å². The average molecular weight is 872 g/mol. The van der Waals surface area contributed by atoms with Crippen molar-refractivity contribution in [1.29, 1.82) is 0 Å². The quantitative estimate of drug-likeness (QED) is 0.161. The number of ether oxygens (including phenoxy) is 1. The number of halogens is 3. The number of aliphatic hydroxyl groups is 1. The number of alkyl halides is 2. The molecule has 5 aromatic rings. The van der Waals surface area contributed by atoms with Crippen LogP contribution in [0.25, 0.3) is 21.8 Å². The van der Waals surface area contributed by atoms with Gasteiger partial charge in [-0.15, -0.1) is 0 Å². The van der Waals surface area contributed by atoms with E-state index >= 15 is 8.78 Å². The Hall–Kier alpha value is -5.59. The Bertz CT molecular complexity index is 2670. The number of pyridine rings is 1. The Labute approximate surface area is 360 Å². The third-order valence-corrected chi connectivity index (χ3v) is 13.5. The van der Waals surface area contributed by atoms with Gasteiger partial charge in [0.05, 0.1) is 51.9 Å². The molecule has 326 valence electrons. The molecule has 7 heterocycles. The second kappa shape index (κ2) is 15.3. The first kappa shape index (κ1) is 40.5. The minimum absolute atomic E-state index is 0.128. The van der Waals surface area contributed by atoms with Crippen molar-refractivity contribution in [3.8, 4) is 5.75 Å². The first-order chi connectivity index (χ1) is 29.7. The predicted octanol–water partition coefficient (Wildman–Crippen LogP) is 4.50. The summed E-state index contributed by atoms with van der Waals surface area (Å²) in [5.74, 6) is -3.69. The van der Waals surface area contributed by atoms with Crippen LogP contribution in [0.4, 0.5) is 37.6 Å². The molecule has 1 saturated carbocycles. The number of piperazine rings is 1. The van der Waals surface area contributed by atoms with Gasteiger partial charge in [-0.25, -0.2) is 13.8 Å². The van der Waals surface area contributed by atoms with Gasteiger partial charge in [-0.05, 0) is 62.3 Å². The highest BCUT2D eigenvalue weighted by molar-refractivity contribution is 6.33. The van der Waals surface area contributed by atoms with Gasteiger partial charge in [-0.1, -0.05) is 23.7 Å². The van der Waals surface area contributed by atoms with Crippen LogP contribution in [0.5, 0.6) is 5.75 Å². The number of aromatic nitrogens is 5.